The summed E-state index contributed by atoms with van der Waals surface area (Å²) < 4.78 is 36.9. The first-order valence-electron chi connectivity index (χ1n) is 8.56. The van der Waals surface area contributed by atoms with Crippen LogP contribution in [0.5, 0.6) is 0 Å². The highest BCUT2D eigenvalue weighted by Crippen LogP contribution is 2.23. The topological polar surface area (TPSA) is 44.3 Å². The maximum Gasteiger partial charge on any atom is 0.401 e. The van der Waals surface area contributed by atoms with E-state index in [1.54, 1.807) is 0 Å². The summed E-state index contributed by atoms with van der Waals surface area (Å²) in [5.41, 5.74) is 0.930. The number of hydrogen-bond acceptors (Lipinski definition) is 5. The third-order valence-corrected chi connectivity index (χ3v) is 4.63. The number of aryl methyl sites for hydroxylation is 1. The van der Waals surface area contributed by atoms with E-state index in [1.807, 2.05) is 13.0 Å². The van der Waals surface area contributed by atoms with Gasteiger partial charge in [-0.15, -0.1) is 0 Å². The van der Waals surface area contributed by atoms with Gasteiger partial charge < -0.3 is 15.1 Å². The quantitative estimate of drug-likeness (QED) is 0.910. The highest BCUT2D eigenvalue weighted by Gasteiger charge is 2.29. The van der Waals surface area contributed by atoms with Crippen LogP contribution in [-0.2, 0) is 0 Å². The molecule has 1 N–H and O–H groups in total. The van der Waals surface area contributed by atoms with Gasteiger partial charge in [-0.05, 0) is 32.6 Å². The number of halogens is 3. The number of aromatic nitrogens is 2. The van der Waals surface area contributed by atoms with Crippen molar-refractivity contribution in [1.29, 1.82) is 0 Å². The molecule has 2 fully saturated rings. The van der Waals surface area contributed by atoms with E-state index in [1.165, 1.54) is 12.8 Å². The molecule has 0 saturated carbocycles. The SMILES string of the molecule is Cc1cc(N2CCC(NCC(F)(F)F)CC2)nc(N2CCCC2)n1. The summed E-state index contributed by atoms with van der Waals surface area (Å²) in [6.07, 6.45) is -0.423. The van der Waals surface area contributed by atoms with Crippen LogP contribution in [0.15, 0.2) is 6.07 Å². The molecular weight excluding hydrogens is 319 g/mol. The predicted molar refractivity (Wildman–Crippen MR) is 87.5 cm³/mol. The highest BCUT2D eigenvalue weighted by molar-refractivity contribution is 5.46. The van der Waals surface area contributed by atoms with Gasteiger partial charge in [-0.3, -0.25) is 0 Å². The molecular formula is C16H24F3N5. The molecule has 5 nitrogen and oxygen atoms in total. The van der Waals surface area contributed by atoms with Crippen LogP contribution in [0.4, 0.5) is 24.9 Å². The van der Waals surface area contributed by atoms with Gasteiger partial charge in [0.25, 0.3) is 0 Å². The van der Waals surface area contributed by atoms with Gasteiger partial charge in [-0.25, -0.2) is 4.98 Å². The highest BCUT2D eigenvalue weighted by atomic mass is 19.4. The first kappa shape index (κ1) is 17.3. The lowest BCUT2D eigenvalue weighted by atomic mass is 10.1. The maximum absolute atomic E-state index is 12.3. The van der Waals surface area contributed by atoms with Crippen LogP contribution in [0.3, 0.4) is 0 Å². The summed E-state index contributed by atoms with van der Waals surface area (Å²) in [5.74, 6) is 1.67. The van der Waals surface area contributed by atoms with Gasteiger partial charge in [0.05, 0.1) is 6.54 Å². The van der Waals surface area contributed by atoms with Crippen molar-refractivity contribution in [2.75, 3.05) is 42.5 Å². The summed E-state index contributed by atoms with van der Waals surface area (Å²) in [6.45, 7) is 4.46. The molecule has 2 aliphatic rings. The van der Waals surface area contributed by atoms with Gasteiger partial charge in [0, 0.05) is 44.0 Å². The van der Waals surface area contributed by atoms with E-state index in [0.29, 0.717) is 25.9 Å². The van der Waals surface area contributed by atoms with Crippen LogP contribution in [0.1, 0.15) is 31.4 Å². The van der Waals surface area contributed by atoms with E-state index >= 15 is 0 Å². The average Bonchev–Trinajstić information content (AvgIpc) is 3.07. The molecule has 2 aliphatic heterocycles. The van der Waals surface area contributed by atoms with Gasteiger partial charge in [0.1, 0.15) is 5.82 Å². The number of alkyl halides is 3. The monoisotopic (exact) mass is 343 g/mol. The molecule has 0 bridgehead atoms. The summed E-state index contributed by atoms with van der Waals surface area (Å²) >= 11 is 0. The number of anilines is 2. The van der Waals surface area contributed by atoms with Crippen LogP contribution < -0.4 is 15.1 Å². The third kappa shape index (κ3) is 4.49. The third-order valence-electron chi connectivity index (χ3n) is 4.63. The van der Waals surface area contributed by atoms with Crippen LogP contribution in [0.2, 0.25) is 0 Å². The van der Waals surface area contributed by atoms with E-state index < -0.39 is 12.7 Å². The first-order valence-corrected chi connectivity index (χ1v) is 8.56. The van der Waals surface area contributed by atoms with Crippen molar-refractivity contribution in [2.45, 2.75) is 44.8 Å². The van der Waals surface area contributed by atoms with Crippen LogP contribution in [-0.4, -0.2) is 54.9 Å². The molecule has 3 heterocycles. The maximum atomic E-state index is 12.3. The van der Waals surface area contributed by atoms with E-state index in [-0.39, 0.29) is 6.04 Å². The molecule has 0 atom stereocenters. The molecule has 0 aliphatic carbocycles. The normalized spacial score (nSPS) is 20.0. The number of rotatable bonds is 4. The second kappa shape index (κ2) is 7.13. The van der Waals surface area contributed by atoms with E-state index in [2.05, 4.69) is 25.1 Å². The fourth-order valence-electron chi connectivity index (χ4n) is 3.33. The Balaban J connectivity index is 1.59. The van der Waals surface area contributed by atoms with Crippen LogP contribution in [0, 0.1) is 6.92 Å². The summed E-state index contributed by atoms with van der Waals surface area (Å²) in [5, 5.41) is 2.61. The average molecular weight is 343 g/mol. The lowest BCUT2D eigenvalue weighted by Crippen LogP contribution is -2.45. The smallest absolute Gasteiger partial charge is 0.356 e. The molecule has 134 valence electrons. The fourth-order valence-corrected chi connectivity index (χ4v) is 3.33. The van der Waals surface area contributed by atoms with Crippen molar-refractivity contribution in [1.82, 2.24) is 15.3 Å². The first-order chi connectivity index (χ1) is 11.4. The Morgan fingerprint density at radius 3 is 2.38 bits per heavy atom. The standard InChI is InChI=1S/C16H24F3N5/c1-12-10-14(22-15(21-12)24-6-2-3-7-24)23-8-4-13(5-9-23)20-11-16(17,18)19/h10,13,20H,2-9,11H2,1H3. The van der Waals surface area contributed by atoms with E-state index in [9.17, 15) is 13.2 Å². The number of piperidine rings is 1. The minimum absolute atomic E-state index is 0.0798. The minimum Gasteiger partial charge on any atom is -0.356 e. The van der Waals surface area contributed by atoms with Gasteiger partial charge in [0.2, 0.25) is 5.95 Å². The van der Waals surface area contributed by atoms with Crippen molar-refractivity contribution in [2.24, 2.45) is 0 Å². The lowest BCUT2D eigenvalue weighted by molar-refractivity contribution is -0.126. The molecule has 0 amide bonds. The number of nitrogens with one attached hydrogen (secondary N) is 1. The molecule has 8 heteroatoms. The van der Waals surface area contributed by atoms with Crippen LogP contribution in [0.25, 0.3) is 0 Å². The Labute approximate surface area is 140 Å². The van der Waals surface area contributed by atoms with Gasteiger partial charge in [-0.1, -0.05) is 0 Å². The summed E-state index contributed by atoms with van der Waals surface area (Å²) in [4.78, 5) is 13.6. The molecule has 3 rings (SSSR count). The Morgan fingerprint density at radius 2 is 1.75 bits per heavy atom. The van der Waals surface area contributed by atoms with Crippen molar-refractivity contribution < 1.29 is 13.2 Å². The zero-order valence-corrected chi connectivity index (χ0v) is 13.9. The van der Waals surface area contributed by atoms with Gasteiger partial charge in [0.15, 0.2) is 0 Å². The van der Waals surface area contributed by atoms with Crippen molar-refractivity contribution in [3.63, 3.8) is 0 Å². The number of nitrogens with zero attached hydrogens (tertiary/aromatic N) is 4. The Morgan fingerprint density at radius 1 is 1.08 bits per heavy atom. The van der Waals surface area contributed by atoms with Gasteiger partial charge in [-0.2, -0.15) is 18.2 Å². The molecule has 0 aromatic carbocycles. The molecule has 0 unspecified atom stereocenters. The molecule has 1 aromatic rings. The molecule has 0 radical (unpaired) electrons. The lowest BCUT2D eigenvalue weighted by Gasteiger charge is -2.34. The fraction of sp³-hybridized carbons (Fsp3) is 0.750. The number of hydrogen-bond donors (Lipinski definition) is 1. The largest absolute Gasteiger partial charge is 0.401 e. The Hall–Kier alpha value is -1.57. The van der Waals surface area contributed by atoms with Crippen LogP contribution >= 0.6 is 0 Å². The van der Waals surface area contributed by atoms with E-state index in [4.69, 9.17) is 0 Å². The summed E-state index contributed by atoms with van der Waals surface area (Å²) in [7, 11) is 0. The molecule has 1 aromatic heterocycles. The zero-order chi connectivity index (χ0) is 17.2. The predicted octanol–water partition coefficient (Wildman–Crippen LogP) is 2.51. The van der Waals surface area contributed by atoms with Crippen molar-refractivity contribution >= 4 is 11.8 Å². The molecule has 2 saturated heterocycles. The second-order valence-corrected chi connectivity index (χ2v) is 6.62. The van der Waals surface area contributed by atoms with E-state index in [0.717, 1.165) is 30.5 Å². The molecule has 24 heavy (non-hydrogen) atoms. The van der Waals surface area contributed by atoms with Crippen molar-refractivity contribution in [3.8, 4) is 0 Å². The summed E-state index contributed by atoms with van der Waals surface area (Å²) in [6, 6.07) is 1.88. The Kier molecular flexibility index (Phi) is 5.12. The van der Waals surface area contributed by atoms with Crippen molar-refractivity contribution in [3.05, 3.63) is 11.8 Å². The second-order valence-electron chi connectivity index (χ2n) is 6.62. The van der Waals surface area contributed by atoms with Gasteiger partial charge >= 0.3 is 6.18 Å². The zero-order valence-electron chi connectivity index (χ0n) is 13.9. The molecule has 0 spiro atoms. The Bertz CT molecular complexity index is 549. The minimum atomic E-state index is -4.15.